The molecule has 0 heterocycles. The van der Waals surface area contributed by atoms with E-state index in [1.807, 2.05) is 6.92 Å². The van der Waals surface area contributed by atoms with Crippen molar-refractivity contribution in [2.24, 2.45) is 0 Å². The number of benzene rings is 2. The van der Waals surface area contributed by atoms with Crippen molar-refractivity contribution >= 4 is 5.91 Å². The number of aliphatic hydroxyl groups excluding tert-OH is 1. The number of carbonyl (C=O) groups excluding carboxylic acids is 1. The van der Waals surface area contributed by atoms with Crippen LogP contribution in [0.4, 0.5) is 0 Å². The Labute approximate surface area is 147 Å². The molecule has 0 fully saturated rings. The van der Waals surface area contributed by atoms with E-state index in [2.05, 4.69) is 5.32 Å². The van der Waals surface area contributed by atoms with Gasteiger partial charge in [0, 0.05) is 6.54 Å². The maximum absolute atomic E-state index is 12.4. The molecule has 0 unspecified atom stereocenters. The van der Waals surface area contributed by atoms with Gasteiger partial charge in [0.2, 0.25) is 0 Å². The molecule has 1 atom stereocenters. The minimum atomic E-state index is -0.872. The first-order chi connectivity index (χ1) is 12.1. The highest BCUT2D eigenvalue weighted by Crippen LogP contribution is 2.29. The second-order valence-electron chi connectivity index (χ2n) is 5.27. The van der Waals surface area contributed by atoms with Crippen molar-refractivity contribution in [1.29, 1.82) is 0 Å². The van der Waals surface area contributed by atoms with E-state index in [1.54, 1.807) is 49.6 Å². The molecule has 1 amide bonds. The molecule has 0 aromatic heterocycles. The van der Waals surface area contributed by atoms with Gasteiger partial charge in [-0.3, -0.25) is 4.79 Å². The van der Waals surface area contributed by atoms with E-state index in [0.29, 0.717) is 35.0 Å². The predicted octanol–water partition coefficient (Wildman–Crippen LogP) is 2.57. The summed E-state index contributed by atoms with van der Waals surface area (Å²) < 4.78 is 15.8. The third-order valence-electron chi connectivity index (χ3n) is 3.68. The third-order valence-corrected chi connectivity index (χ3v) is 3.68. The second-order valence-corrected chi connectivity index (χ2v) is 5.27. The Morgan fingerprint density at radius 3 is 2.48 bits per heavy atom. The summed E-state index contributed by atoms with van der Waals surface area (Å²) in [6, 6.07) is 12.1. The molecule has 25 heavy (non-hydrogen) atoms. The van der Waals surface area contributed by atoms with E-state index in [1.165, 1.54) is 7.11 Å². The Balaban J connectivity index is 2.04. The molecule has 0 radical (unpaired) electrons. The summed E-state index contributed by atoms with van der Waals surface area (Å²) in [4.78, 5) is 12.4. The molecule has 0 saturated carbocycles. The van der Waals surface area contributed by atoms with Gasteiger partial charge in [0.05, 0.1) is 32.5 Å². The first kappa shape index (κ1) is 18.6. The summed E-state index contributed by atoms with van der Waals surface area (Å²) in [5, 5.41) is 13.1. The zero-order chi connectivity index (χ0) is 18.2. The van der Waals surface area contributed by atoms with Crippen LogP contribution in [0.2, 0.25) is 0 Å². The molecule has 6 heteroatoms. The Morgan fingerprint density at radius 1 is 1.08 bits per heavy atom. The van der Waals surface area contributed by atoms with Crippen molar-refractivity contribution < 1.29 is 24.1 Å². The van der Waals surface area contributed by atoms with Gasteiger partial charge in [-0.25, -0.2) is 0 Å². The van der Waals surface area contributed by atoms with Gasteiger partial charge < -0.3 is 24.6 Å². The van der Waals surface area contributed by atoms with Crippen LogP contribution in [0.5, 0.6) is 17.2 Å². The lowest BCUT2D eigenvalue weighted by atomic mass is 10.1. The largest absolute Gasteiger partial charge is 0.493 e. The minimum Gasteiger partial charge on any atom is -0.493 e. The zero-order valence-electron chi connectivity index (χ0n) is 14.6. The van der Waals surface area contributed by atoms with Crippen LogP contribution in [0.15, 0.2) is 42.5 Å². The van der Waals surface area contributed by atoms with Crippen LogP contribution in [-0.4, -0.2) is 38.4 Å². The number of hydrogen-bond donors (Lipinski definition) is 2. The molecular weight excluding hydrogens is 322 g/mol. The second kappa shape index (κ2) is 8.94. The number of ether oxygens (including phenoxy) is 3. The number of methoxy groups -OCH3 is 2. The summed E-state index contributed by atoms with van der Waals surface area (Å²) >= 11 is 0. The van der Waals surface area contributed by atoms with Crippen LogP contribution >= 0.6 is 0 Å². The molecule has 0 aliphatic rings. The van der Waals surface area contributed by atoms with E-state index < -0.39 is 6.10 Å². The van der Waals surface area contributed by atoms with Crippen LogP contribution in [0.1, 0.15) is 28.9 Å². The highest BCUT2D eigenvalue weighted by Gasteiger charge is 2.16. The Bertz CT molecular complexity index is 717. The summed E-state index contributed by atoms with van der Waals surface area (Å²) in [6.07, 6.45) is -0.872. The maximum Gasteiger partial charge on any atom is 0.255 e. The summed E-state index contributed by atoms with van der Waals surface area (Å²) in [5.41, 5.74) is 1.06. The average Bonchev–Trinajstić information content (AvgIpc) is 2.65. The molecule has 2 N–H and O–H groups in total. The fourth-order valence-electron chi connectivity index (χ4n) is 2.40. The molecule has 2 aromatic rings. The van der Waals surface area contributed by atoms with Crippen molar-refractivity contribution in [1.82, 2.24) is 5.32 Å². The van der Waals surface area contributed by atoms with Crippen molar-refractivity contribution in [2.45, 2.75) is 13.0 Å². The lowest BCUT2D eigenvalue weighted by Crippen LogP contribution is -2.28. The lowest BCUT2D eigenvalue weighted by molar-refractivity contribution is 0.0912. The molecule has 6 nitrogen and oxygen atoms in total. The van der Waals surface area contributed by atoms with Crippen molar-refractivity contribution in [2.75, 3.05) is 27.4 Å². The average molecular weight is 345 g/mol. The van der Waals surface area contributed by atoms with E-state index in [-0.39, 0.29) is 12.5 Å². The Morgan fingerprint density at radius 2 is 1.80 bits per heavy atom. The molecule has 0 aliphatic heterocycles. The quantitative estimate of drug-likeness (QED) is 0.769. The fourth-order valence-corrected chi connectivity index (χ4v) is 2.40. The van der Waals surface area contributed by atoms with Crippen LogP contribution in [0, 0.1) is 0 Å². The summed E-state index contributed by atoms with van der Waals surface area (Å²) in [5.74, 6) is 1.31. The van der Waals surface area contributed by atoms with Gasteiger partial charge in [-0.15, -0.1) is 0 Å². The molecule has 0 aliphatic carbocycles. The third kappa shape index (κ3) is 4.64. The highest BCUT2D eigenvalue weighted by molar-refractivity contribution is 5.96. The maximum atomic E-state index is 12.4. The summed E-state index contributed by atoms with van der Waals surface area (Å²) in [6.45, 7) is 2.39. The van der Waals surface area contributed by atoms with Gasteiger partial charge in [-0.05, 0) is 36.8 Å². The number of amides is 1. The normalized spacial score (nSPS) is 11.5. The number of carbonyl (C=O) groups is 1. The molecule has 2 rings (SSSR count). The lowest BCUT2D eigenvalue weighted by Gasteiger charge is -2.16. The van der Waals surface area contributed by atoms with Gasteiger partial charge in [0.1, 0.15) is 5.75 Å². The Hall–Kier alpha value is -2.73. The predicted molar refractivity (Wildman–Crippen MR) is 94.5 cm³/mol. The van der Waals surface area contributed by atoms with E-state index in [0.717, 1.165) is 0 Å². The minimum absolute atomic E-state index is 0.0643. The molecule has 134 valence electrons. The van der Waals surface area contributed by atoms with E-state index in [9.17, 15) is 9.90 Å². The number of nitrogens with one attached hydrogen (secondary N) is 1. The number of aliphatic hydroxyl groups is 1. The monoisotopic (exact) mass is 345 g/mol. The zero-order valence-corrected chi connectivity index (χ0v) is 14.6. The van der Waals surface area contributed by atoms with Gasteiger partial charge >= 0.3 is 0 Å². The molecule has 0 spiro atoms. The molecule has 0 saturated heterocycles. The molecule has 2 aromatic carbocycles. The topological polar surface area (TPSA) is 77.0 Å². The first-order valence-electron chi connectivity index (χ1n) is 8.00. The van der Waals surface area contributed by atoms with Gasteiger partial charge in [-0.1, -0.05) is 18.2 Å². The van der Waals surface area contributed by atoms with E-state index in [4.69, 9.17) is 14.2 Å². The first-order valence-corrected chi connectivity index (χ1v) is 8.00. The SMILES string of the molecule is CCOc1ccccc1C(=O)NC[C@@H](O)c1ccc(OC)c(OC)c1. The van der Waals surface area contributed by atoms with Crippen LogP contribution in [0.25, 0.3) is 0 Å². The fraction of sp³-hybridized carbons (Fsp3) is 0.316. The molecule has 0 bridgehead atoms. The van der Waals surface area contributed by atoms with Crippen molar-refractivity contribution in [3.63, 3.8) is 0 Å². The van der Waals surface area contributed by atoms with E-state index >= 15 is 0 Å². The summed E-state index contributed by atoms with van der Waals surface area (Å²) in [7, 11) is 3.07. The van der Waals surface area contributed by atoms with Crippen molar-refractivity contribution in [3.05, 3.63) is 53.6 Å². The van der Waals surface area contributed by atoms with Gasteiger partial charge in [-0.2, -0.15) is 0 Å². The van der Waals surface area contributed by atoms with Crippen LogP contribution < -0.4 is 19.5 Å². The van der Waals surface area contributed by atoms with Crippen molar-refractivity contribution in [3.8, 4) is 17.2 Å². The number of para-hydroxylation sites is 1. The number of rotatable bonds is 8. The Kier molecular flexibility index (Phi) is 6.65. The van der Waals surface area contributed by atoms with Gasteiger partial charge in [0.15, 0.2) is 11.5 Å². The van der Waals surface area contributed by atoms with Crippen LogP contribution in [0.3, 0.4) is 0 Å². The highest BCUT2D eigenvalue weighted by atomic mass is 16.5. The smallest absolute Gasteiger partial charge is 0.255 e. The van der Waals surface area contributed by atoms with Gasteiger partial charge in [0.25, 0.3) is 5.91 Å². The standard InChI is InChI=1S/C19H23NO5/c1-4-25-16-8-6-5-7-14(16)19(22)20-12-15(21)13-9-10-17(23-2)18(11-13)24-3/h5-11,15,21H,4,12H2,1-3H3,(H,20,22)/t15-/m1/s1. The number of hydrogen-bond acceptors (Lipinski definition) is 5. The van der Waals surface area contributed by atoms with Crippen LogP contribution in [-0.2, 0) is 0 Å². The molecular formula is C19H23NO5.